The molecule has 28 heteroatoms. The van der Waals surface area contributed by atoms with Crippen LogP contribution in [-0.2, 0) is 50.7 Å². The van der Waals surface area contributed by atoms with E-state index in [1.165, 1.54) is 33.1 Å². The van der Waals surface area contributed by atoms with Crippen LogP contribution in [0.3, 0.4) is 0 Å². The number of hydrogen-bond donors (Lipinski definition) is 9. The van der Waals surface area contributed by atoms with Crippen molar-refractivity contribution in [3.63, 3.8) is 0 Å². The number of nitrogens with zero attached hydrogens (tertiary/aromatic N) is 4. The van der Waals surface area contributed by atoms with Gasteiger partial charge in [-0.25, -0.2) is 28.6 Å². The number of nitrogens with two attached hydrogens (primary N) is 1. The summed E-state index contributed by atoms with van der Waals surface area (Å²) in [5.74, 6) is -1.06. The smallest absolute Gasteiger partial charge is 0.386 e. The van der Waals surface area contributed by atoms with Crippen molar-refractivity contribution in [2.24, 2.45) is 5.41 Å². The number of thioether (sulfide) groups is 1. The largest absolute Gasteiger partial charge is 0.481 e. The zero-order chi connectivity index (χ0) is 47.6. The molecule has 1 aliphatic rings. The fraction of sp³-hybridized carbons (Fsp3) is 0.667. The number of aromatic nitrogens is 4. The number of allylic oxidation sites excluding steroid dienone is 4. The summed E-state index contributed by atoms with van der Waals surface area (Å²) in [6.45, 7) is 2.72. The van der Waals surface area contributed by atoms with E-state index in [-0.39, 0.29) is 41.6 Å². The molecule has 0 aliphatic carbocycles. The third-order valence-corrected chi connectivity index (χ3v) is 13.4. The highest BCUT2D eigenvalue weighted by Gasteiger charge is 2.50. The maximum atomic E-state index is 12.7. The Balaban J connectivity index is 1.35. The predicted octanol–water partition coefficient (Wildman–Crippen LogP) is 3.31. The molecule has 3 heterocycles. The molecule has 0 saturated carbocycles. The Kier molecular flexibility index (Phi) is 22.8. The number of phosphoric ester groups is 3. The molecule has 1 fully saturated rings. The van der Waals surface area contributed by atoms with E-state index in [2.05, 4.69) is 65.6 Å². The number of carbonyl (C=O) groups excluding carboxylic acids is 3. The normalized spacial score (nSPS) is 20.7. The molecule has 0 spiro atoms. The number of aliphatic hydroxyl groups is 2. The van der Waals surface area contributed by atoms with Crippen LogP contribution in [0.4, 0.5) is 5.82 Å². The van der Waals surface area contributed by atoms with Gasteiger partial charge < -0.3 is 50.9 Å². The fourth-order valence-corrected chi connectivity index (χ4v) is 9.47. The van der Waals surface area contributed by atoms with Crippen molar-refractivity contribution in [3.8, 4) is 0 Å². The Morgan fingerprint density at radius 2 is 1.62 bits per heavy atom. The van der Waals surface area contributed by atoms with Crippen molar-refractivity contribution >= 4 is 69.1 Å². The number of phosphoric acid groups is 3. The first-order chi connectivity index (χ1) is 30.1. The molecule has 362 valence electrons. The van der Waals surface area contributed by atoms with Gasteiger partial charge in [-0.15, -0.1) is 0 Å². The first kappa shape index (κ1) is 55.4. The van der Waals surface area contributed by atoms with Gasteiger partial charge in [0.2, 0.25) is 11.8 Å². The predicted molar refractivity (Wildman–Crippen MR) is 233 cm³/mol. The first-order valence-corrected chi connectivity index (χ1v) is 25.9. The number of imidazole rings is 1. The summed E-state index contributed by atoms with van der Waals surface area (Å²) in [5.41, 5.74) is 4.28. The van der Waals surface area contributed by atoms with Crippen molar-refractivity contribution < 1.29 is 80.5 Å². The molecule has 10 N–H and O–H groups in total. The van der Waals surface area contributed by atoms with E-state index in [0.29, 0.717) is 12.2 Å². The van der Waals surface area contributed by atoms with E-state index < -0.39 is 84.6 Å². The van der Waals surface area contributed by atoms with Crippen molar-refractivity contribution in [1.82, 2.24) is 30.2 Å². The first-order valence-electron chi connectivity index (χ1n) is 20.4. The molecule has 1 aliphatic heterocycles. The van der Waals surface area contributed by atoms with E-state index in [9.17, 15) is 57.9 Å². The fourth-order valence-electron chi connectivity index (χ4n) is 5.92. The van der Waals surface area contributed by atoms with Crippen LogP contribution < -0.4 is 16.4 Å². The van der Waals surface area contributed by atoms with Crippen LogP contribution in [0.15, 0.2) is 37.0 Å². The van der Waals surface area contributed by atoms with Gasteiger partial charge in [-0.05, 0) is 38.5 Å². The van der Waals surface area contributed by atoms with Gasteiger partial charge >= 0.3 is 23.5 Å². The number of fused-ring (bicyclic) bond motifs is 1. The quantitative estimate of drug-likeness (QED) is 0.0308. The summed E-state index contributed by atoms with van der Waals surface area (Å²) in [7, 11) is -16.4. The molecule has 1 saturated heterocycles. The lowest BCUT2D eigenvalue weighted by molar-refractivity contribution is -0.137. The summed E-state index contributed by atoms with van der Waals surface area (Å²) in [6.07, 6.45) is 10.5. The summed E-state index contributed by atoms with van der Waals surface area (Å²) in [6, 6.07) is 0. The van der Waals surface area contributed by atoms with Crippen LogP contribution in [0, 0.1) is 5.41 Å². The van der Waals surface area contributed by atoms with Crippen LogP contribution in [0.25, 0.3) is 11.2 Å². The maximum absolute atomic E-state index is 12.7. The topological polar surface area (TPSA) is 364 Å². The SMILES string of the molecule is CCCCC/C=C/C/C=C/CCCCC(=O)SCCNC(=O)CCNC(=O)C(O)C(C)(C)COP(=O)(O)OP(=O)(O)OCC1OC(n2cnc3c(N)ncnc32)C(O)C1OP(=O)(O)O. The van der Waals surface area contributed by atoms with Crippen LogP contribution >= 0.6 is 35.2 Å². The molecule has 64 heavy (non-hydrogen) atoms. The monoisotopic (exact) mass is 987 g/mol. The number of carbonyl (C=O) groups is 3. The van der Waals surface area contributed by atoms with Crippen molar-refractivity contribution in [1.29, 1.82) is 0 Å². The molecular weight excluding hydrogens is 927 g/mol. The van der Waals surface area contributed by atoms with E-state index >= 15 is 0 Å². The molecule has 0 bridgehead atoms. The van der Waals surface area contributed by atoms with Crippen LogP contribution in [0.1, 0.15) is 91.2 Å². The molecule has 3 rings (SSSR count). The van der Waals surface area contributed by atoms with Crippen LogP contribution in [0.5, 0.6) is 0 Å². The minimum absolute atomic E-state index is 0.0315. The molecule has 24 nitrogen and oxygen atoms in total. The molecule has 0 aromatic carbocycles. The highest BCUT2D eigenvalue weighted by atomic mass is 32.2. The lowest BCUT2D eigenvalue weighted by Crippen LogP contribution is -2.46. The van der Waals surface area contributed by atoms with E-state index in [0.717, 1.165) is 61.1 Å². The number of anilines is 1. The lowest BCUT2D eigenvalue weighted by Gasteiger charge is -2.30. The van der Waals surface area contributed by atoms with Crippen molar-refractivity contribution in [2.75, 3.05) is 37.8 Å². The highest BCUT2D eigenvalue weighted by molar-refractivity contribution is 8.13. The number of aliphatic hydroxyl groups excluding tert-OH is 2. The van der Waals surface area contributed by atoms with Gasteiger partial charge in [-0.2, -0.15) is 4.31 Å². The third kappa shape index (κ3) is 19.5. The summed E-state index contributed by atoms with van der Waals surface area (Å²) < 4.78 is 62.3. The third-order valence-electron chi connectivity index (χ3n) is 9.35. The van der Waals surface area contributed by atoms with Gasteiger partial charge in [0.25, 0.3) is 0 Å². The molecular formula is C36H60N7O17P3S. The Morgan fingerprint density at radius 1 is 0.953 bits per heavy atom. The number of ether oxygens (including phenoxy) is 1. The zero-order valence-electron chi connectivity index (χ0n) is 35.7. The second-order valence-electron chi connectivity index (χ2n) is 15.2. The average Bonchev–Trinajstić information content (AvgIpc) is 3.78. The van der Waals surface area contributed by atoms with E-state index in [4.69, 9.17) is 19.5 Å². The number of hydrogen-bond acceptors (Lipinski definition) is 18. The van der Waals surface area contributed by atoms with Crippen molar-refractivity contribution in [3.05, 3.63) is 37.0 Å². The minimum atomic E-state index is -5.58. The molecule has 2 aromatic rings. The minimum Gasteiger partial charge on any atom is -0.386 e. The van der Waals surface area contributed by atoms with Crippen molar-refractivity contribution in [2.45, 2.75) is 116 Å². The summed E-state index contributed by atoms with van der Waals surface area (Å²) in [4.78, 5) is 88.2. The number of rotatable bonds is 30. The molecule has 7 unspecified atom stereocenters. The van der Waals surface area contributed by atoms with Gasteiger partial charge in [0.05, 0.1) is 19.5 Å². The second-order valence-corrected chi connectivity index (χ2v) is 20.6. The van der Waals surface area contributed by atoms with Gasteiger partial charge in [0.15, 0.2) is 22.8 Å². The molecule has 2 amide bonds. The van der Waals surface area contributed by atoms with Gasteiger partial charge in [-0.3, -0.25) is 32.5 Å². The highest BCUT2D eigenvalue weighted by Crippen LogP contribution is 2.61. The van der Waals surface area contributed by atoms with Crippen LogP contribution in [0.2, 0.25) is 0 Å². The van der Waals surface area contributed by atoms with Gasteiger partial charge in [0, 0.05) is 37.1 Å². The Labute approximate surface area is 374 Å². The van der Waals surface area contributed by atoms with Gasteiger partial charge in [0.1, 0.15) is 36.3 Å². The van der Waals surface area contributed by atoms with Crippen LogP contribution in [-0.4, -0.2) is 123 Å². The second kappa shape index (κ2) is 26.4. The number of nitrogens with one attached hydrogen (secondary N) is 2. The number of nitrogen functional groups attached to an aromatic ring is 1. The number of amides is 2. The zero-order valence-corrected chi connectivity index (χ0v) is 39.2. The van der Waals surface area contributed by atoms with E-state index in [1.54, 1.807) is 0 Å². The Bertz CT molecular complexity index is 2040. The average molecular weight is 988 g/mol. The van der Waals surface area contributed by atoms with Gasteiger partial charge in [-0.1, -0.05) is 69.7 Å². The molecule has 0 radical (unpaired) electrons. The van der Waals surface area contributed by atoms with E-state index in [1.807, 2.05) is 0 Å². The number of unbranched alkanes of at least 4 members (excludes halogenated alkanes) is 5. The molecule has 7 atom stereocenters. The maximum Gasteiger partial charge on any atom is 0.481 e. The standard InChI is InChI=1S/C36H60N7O17P3S/c1-4-5-6-7-8-9-10-11-12-13-14-15-16-27(45)64-20-19-38-26(44)17-18-39-34(48)31(47)36(2,3)22-57-63(54,55)60-62(52,53)56-21-25-30(59-61(49,50)51)29(46)35(58-25)43-24-42-28-32(37)40-23-41-33(28)43/h8-9,11-12,23-25,29-31,35,46-47H,4-7,10,13-22H2,1-3H3,(H,38,44)(H,39,48)(H,52,53)(H,54,55)(H2,37,40,41)(H2,49,50,51)/b9-8+,12-11+. The lowest BCUT2D eigenvalue weighted by atomic mass is 9.87. The summed E-state index contributed by atoms with van der Waals surface area (Å²) in [5, 5.41) is 26.6. The molecule has 2 aromatic heterocycles. The Hall–Kier alpha value is -2.96. The summed E-state index contributed by atoms with van der Waals surface area (Å²) >= 11 is 1.13. The Morgan fingerprint density at radius 3 is 2.30 bits per heavy atom.